The Balaban J connectivity index is 2.01. The molecule has 2 N–H and O–H groups in total. The average molecular weight is 303 g/mol. The zero-order valence-electron chi connectivity index (χ0n) is 12.8. The molecule has 1 fully saturated rings. The maximum Gasteiger partial charge on any atom is 0.140 e. The molecule has 0 amide bonds. The minimum absolute atomic E-state index is 0.0240. The van der Waals surface area contributed by atoms with Crippen LogP contribution in [0.1, 0.15) is 12.5 Å². The molecule has 1 aromatic heterocycles. The number of methoxy groups -OCH3 is 2. The summed E-state index contributed by atoms with van der Waals surface area (Å²) in [6.45, 7) is 1.49. The summed E-state index contributed by atoms with van der Waals surface area (Å²) in [6.07, 6.45) is 4.12. The normalized spacial score (nSPS) is 21.6. The van der Waals surface area contributed by atoms with E-state index in [0.29, 0.717) is 6.54 Å². The minimum Gasteiger partial charge on any atom is -0.497 e. The third-order valence-electron chi connectivity index (χ3n) is 4.05. The van der Waals surface area contributed by atoms with Crippen molar-refractivity contribution >= 4 is 0 Å². The van der Waals surface area contributed by atoms with Crippen LogP contribution in [0.4, 0.5) is 0 Å². The molecule has 118 valence electrons. The van der Waals surface area contributed by atoms with Crippen molar-refractivity contribution in [3.8, 4) is 22.9 Å². The number of ether oxygens (including phenoxy) is 2. The molecule has 2 aromatic rings. The Bertz CT molecular complexity index is 619. The molecule has 0 bridgehead atoms. The highest BCUT2D eigenvalue weighted by Gasteiger charge is 2.26. The van der Waals surface area contributed by atoms with Gasteiger partial charge in [0.05, 0.1) is 26.4 Å². The van der Waals surface area contributed by atoms with Crippen molar-refractivity contribution < 1.29 is 14.6 Å². The number of imidazole rings is 1. The van der Waals surface area contributed by atoms with Crippen LogP contribution in [0.15, 0.2) is 30.6 Å². The van der Waals surface area contributed by atoms with Gasteiger partial charge in [0, 0.05) is 30.6 Å². The fraction of sp³-hybridized carbons (Fsp3) is 0.438. The van der Waals surface area contributed by atoms with Gasteiger partial charge < -0.3 is 24.5 Å². The van der Waals surface area contributed by atoms with Crippen molar-refractivity contribution in [2.45, 2.75) is 18.6 Å². The molecule has 0 unspecified atom stereocenters. The van der Waals surface area contributed by atoms with Gasteiger partial charge in [-0.3, -0.25) is 0 Å². The summed E-state index contributed by atoms with van der Waals surface area (Å²) in [6, 6.07) is 5.70. The quantitative estimate of drug-likeness (QED) is 0.895. The zero-order valence-corrected chi connectivity index (χ0v) is 12.8. The van der Waals surface area contributed by atoms with E-state index >= 15 is 0 Å². The lowest BCUT2D eigenvalue weighted by molar-refractivity contribution is 0.0880. The molecule has 1 aromatic carbocycles. The molecule has 1 saturated heterocycles. The van der Waals surface area contributed by atoms with E-state index in [4.69, 9.17) is 9.47 Å². The van der Waals surface area contributed by atoms with Gasteiger partial charge in [-0.05, 0) is 25.1 Å². The van der Waals surface area contributed by atoms with Gasteiger partial charge in [0.1, 0.15) is 17.3 Å². The third-order valence-corrected chi connectivity index (χ3v) is 4.05. The van der Waals surface area contributed by atoms with Crippen LogP contribution in [0.25, 0.3) is 11.4 Å². The lowest BCUT2D eigenvalue weighted by Gasteiger charge is -2.30. The molecule has 22 heavy (non-hydrogen) atoms. The monoisotopic (exact) mass is 303 g/mol. The maximum absolute atomic E-state index is 10.3. The summed E-state index contributed by atoms with van der Waals surface area (Å²) in [5, 5.41) is 13.5. The summed E-state index contributed by atoms with van der Waals surface area (Å²) >= 11 is 0. The maximum atomic E-state index is 10.3. The molecule has 2 heterocycles. The Kier molecular flexibility index (Phi) is 4.31. The highest BCUT2D eigenvalue weighted by Crippen LogP contribution is 2.31. The number of β-amino-alcohol motifs (C(OH)–C–C–N with tert-alkyl or cyclic N) is 1. The van der Waals surface area contributed by atoms with Crippen LogP contribution >= 0.6 is 0 Å². The predicted octanol–water partition coefficient (Wildman–Crippen LogP) is 1.46. The first kappa shape index (κ1) is 14.9. The molecule has 0 radical (unpaired) electrons. The van der Waals surface area contributed by atoms with E-state index in [1.54, 1.807) is 20.4 Å². The molecular formula is C16H21N3O3. The fourth-order valence-corrected chi connectivity index (χ4v) is 2.89. The second-order valence-electron chi connectivity index (χ2n) is 5.39. The second kappa shape index (κ2) is 6.37. The third kappa shape index (κ3) is 2.80. The van der Waals surface area contributed by atoms with E-state index in [1.807, 2.05) is 29.0 Å². The zero-order chi connectivity index (χ0) is 15.5. The number of aromatic nitrogens is 2. The van der Waals surface area contributed by atoms with Crippen LogP contribution in [0.5, 0.6) is 11.5 Å². The molecule has 1 aliphatic heterocycles. The topological polar surface area (TPSA) is 68.5 Å². The minimum atomic E-state index is -0.422. The first-order chi connectivity index (χ1) is 10.7. The highest BCUT2D eigenvalue weighted by atomic mass is 16.5. The number of aliphatic hydroxyl groups excluding tert-OH is 1. The Hall–Kier alpha value is -2.05. The molecular weight excluding hydrogens is 282 g/mol. The van der Waals surface area contributed by atoms with Crippen molar-refractivity contribution in [1.29, 1.82) is 0 Å². The smallest absolute Gasteiger partial charge is 0.140 e. The van der Waals surface area contributed by atoms with Gasteiger partial charge in [0.15, 0.2) is 0 Å². The van der Waals surface area contributed by atoms with Crippen molar-refractivity contribution in [1.82, 2.24) is 14.9 Å². The number of hydrogen-bond acceptors (Lipinski definition) is 5. The average Bonchev–Trinajstić information content (AvgIpc) is 3.04. The Morgan fingerprint density at radius 3 is 2.59 bits per heavy atom. The Morgan fingerprint density at radius 2 is 1.95 bits per heavy atom. The van der Waals surface area contributed by atoms with E-state index in [9.17, 15) is 5.11 Å². The van der Waals surface area contributed by atoms with Gasteiger partial charge in [-0.2, -0.15) is 0 Å². The highest BCUT2D eigenvalue weighted by molar-refractivity contribution is 5.61. The van der Waals surface area contributed by atoms with Gasteiger partial charge in [0.2, 0.25) is 0 Å². The lowest BCUT2D eigenvalue weighted by atomic mass is 10.0. The largest absolute Gasteiger partial charge is 0.497 e. The number of hydrogen-bond donors (Lipinski definition) is 2. The summed E-state index contributed by atoms with van der Waals surface area (Å²) in [5.74, 6) is 2.24. The van der Waals surface area contributed by atoms with Crippen LogP contribution in [0, 0.1) is 0 Å². The van der Waals surface area contributed by atoms with Crippen molar-refractivity contribution in [2.75, 3.05) is 27.3 Å². The second-order valence-corrected chi connectivity index (χ2v) is 5.39. The van der Waals surface area contributed by atoms with Crippen LogP contribution < -0.4 is 14.8 Å². The number of nitrogens with zero attached hydrogens (tertiary/aromatic N) is 2. The number of benzene rings is 1. The molecule has 2 atom stereocenters. The first-order valence-corrected chi connectivity index (χ1v) is 7.38. The summed E-state index contributed by atoms with van der Waals surface area (Å²) in [5.41, 5.74) is 0.909. The van der Waals surface area contributed by atoms with Crippen molar-refractivity contribution in [2.24, 2.45) is 0 Å². The van der Waals surface area contributed by atoms with Crippen LogP contribution in [-0.2, 0) is 0 Å². The molecule has 0 saturated carbocycles. The van der Waals surface area contributed by atoms with E-state index < -0.39 is 6.10 Å². The van der Waals surface area contributed by atoms with Crippen LogP contribution in [0.3, 0.4) is 0 Å². The van der Waals surface area contributed by atoms with Gasteiger partial charge in [0.25, 0.3) is 0 Å². The number of aliphatic hydroxyl groups is 1. The Morgan fingerprint density at radius 1 is 1.23 bits per heavy atom. The molecule has 0 spiro atoms. The number of piperidine rings is 1. The van der Waals surface area contributed by atoms with Crippen LogP contribution in [-0.4, -0.2) is 48.1 Å². The number of nitrogens with one attached hydrogen (secondary N) is 1. The molecule has 6 nitrogen and oxygen atoms in total. The number of rotatable bonds is 4. The van der Waals surface area contributed by atoms with Crippen LogP contribution in [0.2, 0.25) is 0 Å². The molecule has 0 aliphatic carbocycles. The van der Waals surface area contributed by atoms with Gasteiger partial charge >= 0.3 is 0 Å². The van der Waals surface area contributed by atoms with Crippen molar-refractivity contribution in [3.63, 3.8) is 0 Å². The lowest BCUT2D eigenvalue weighted by Crippen LogP contribution is -2.41. The molecule has 6 heteroatoms. The molecule has 1 aliphatic rings. The van der Waals surface area contributed by atoms with Gasteiger partial charge in [-0.15, -0.1) is 0 Å². The van der Waals surface area contributed by atoms with E-state index in [0.717, 1.165) is 35.9 Å². The molecule has 3 rings (SSSR count). The Labute approximate surface area is 129 Å². The summed E-state index contributed by atoms with van der Waals surface area (Å²) < 4.78 is 12.7. The SMILES string of the molecule is COc1cc(OC)cc(-c2nccn2[C@H]2CCNC[C@@H]2O)c1. The standard InChI is InChI=1S/C16H21N3O3/c1-21-12-7-11(8-13(9-12)22-2)16-18-5-6-19(16)14-3-4-17-10-15(14)20/h5-9,14-15,17,20H,3-4,10H2,1-2H3/t14-,15-/m0/s1. The van der Waals surface area contributed by atoms with Gasteiger partial charge in [-0.25, -0.2) is 4.98 Å². The van der Waals surface area contributed by atoms with E-state index in [1.165, 1.54) is 0 Å². The van der Waals surface area contributed by atoms with E-state index in [-0.39, 0.29) is 6.04 Å². The predicted molar refractivity (Wildman–Crippen MR) is 83.3 cm³/mol. The fourth-order valence-electron chi connectivity index (χ4n) is 2.89. The van der Waals surface area contributed by atoms with Gasteiger partial charge in [-0.1, -0.05) is 0 Å². The first-order valence-electron chi connectivity index (χ1n) is 7.38. The summed E-state index contributed by atoms with van der Waals surface area (Å²) in [4.78, 5) is 4.47. The van der Waals surface area contributed by atoms with Crippen molar-refractivity contribution in [3.05, 3.63) is 30.6 Å². The van der Waals surface area contributed by atoms with E-state index in [2.05, 4.69) is 10.3 Å². The summed E-state index contributed by atoms with van der Waals surface area (Å²) in [7, 11) is 3.25.